The molecule has 2 N–H and O–H groups in total. The summed E-state index contributed by atoms with van der Waals surface area (Å²) in [6, 6.07) is 8.93. The van der Waals surface area contributed by atoms with Crippen molar-refractivity contribution in [3.8, 4) is 0 Å². The van der Waals surface area contributed by atoms with E-state index in [4.69, 9.17) is 10.5 Å². The number of hydrogen-bond donors (Lipinski definition) is 1. The van der Waals surface area contributed by atoms with E-state index in [1.54, 1.807) is 0 Å². The van der Waals surface area contributed by atoms with Crippen molar-refractivity contribution in [1.29, 1.82) is 0 Å². The van der Waals surface area contributed by atoms with E-state index in [0.717, 1.165) is 13.1 Å². The number of hydrogen-bond acceptors (Lipinski definition) is 3. The first-order chi connectivity index (χ1) is 8.97. The Balaban J connectivity index is 2.05. The number of rotatable bonds is 3. The van der Waals surface area contributed by atoms with E-state index in [1.807, 2.05) is 0 Å². The van der Waals surface area contributed by atoms with Gasteiger partial charge in [0.05, 0.1) is 12.2 Å². The molecule has 1 aliphatic heterocycles. The minimum Gasteiger partial charge on any atom is -0.373 e. The fourth-order valence-corrected chi connectivity index (χ4v) is 2.84. The van der Waals surface area contributed by atoms with E-state index >= 15 is 0 Å². The summed E-state index contributed by atoms with van der Waals surface area (Å²) in [4.78, 5) is 2.45. The molecule has 0 spiro atoms. The molecule has 1 aromatic carbocycles. The third-order valence-corrected chi connectivity index (χ3v) is 4.01. The van der Waals surface area contributed by atoms with Gasteiger partial charge in [0.15, 0.2) is 0 Å². The van der Waals surface area contributed by atoms with Crippen molar-refractivity contribution in [3.63, 3.8) is 0 Å². The topological polar surface area (TPSA) is 38.5 Å². The van der Waals surface area contributed by atoms with Crippen LogP contribution in [0.1, 0.15) is 37.9 Å². The Bertz CT molecular complexity index is 394. The Morgan fingerprint density at radius 1 is 1.16 bits per heavy atom. The largest absolute Gasteiger partial charge is 0.373 e. The van der Waals surface area contributed by atoms with E-state index in [2.05, 4.69) is 56.9 Å². The minimum absolute atomic E-state index is 0.0538. The first-order valence-electron chi connectivity index (χ1n) is 7.19. The van der Waals surface area contributed by atoms with Crippen LogP contribution in [0, 0.1) is 6.92 Å². The average molecular weight is 262 g/mol. The lowest BCUT2D eigenvalue weighted by molar-refractivity contribution is -0.0809. The third-order valence-electron chi connectivity index (χ3n) is 4.01. The molecule has 3 heteroatoms. The van der Waals surface area contributed by atoms with Gasteiger partial charge in [-0.2, -0.15) is 0 Å². The van der Waals surface area contributed by atoms with Gasteiger partial charge in [0.25, 0.3) is 0 Å². The molecule has 106 valence electrons. The summed E-state index contributed by atoms with van der Waals surface area (Å²) >= 11 is 0. The number of morpholine rings is 1. The quantitative estimate of drug-likeness (QED) is 0.909. The zero-order valence-corrected chi connectivity index (χ0v) is 12.5. The summed E-state index contributed by atoms with van der Waals surface area (Å²) in [6.45, 7) is 10.5. The molecule has 4 unspecified atom stereocenters. The first kappa shape index (κ1) is 14.5. The van der Waals surface area contributed by atoms with Crippen molar-refractivity contribution < 1.29 is 4.74 Å². The molecule has 0 aromatic heterocycles. The molecular formula is C16H26N2O. The molecule has 1 aromatic rings. The lowest BCUT2D eigenvalue weighted by Gasteiger charge is -2.41. The van der Waals surface area contributed by atoms with E-state index in [-0.39, 0.29) is 18.2 Å². The van der Waals surface area contributed by atoms with Gasteiger partial charge in [-0.3, -0.25) is 4.90 Å². The van der Waals surface area contributed by atoms with Crippen molar-refractivity contribution in [3.05, 3.63) is 35.4 Å². The predicted molar refractivity (Wildman–Crippen MR) is 79.2 cm³/mol. The summed E-state index contributed by atoms with van der Waals surface area (Å²) < 4.78 is 5.79. The van der Waals surface area contributed by atoms with Gasteiger partial charge in [0.1, 0.15) is 0 Å². The molecule has 4 atom stereocenters. The van der Waals surface area contributed by atoms with Crippen LogP contribution in [0.2, 0.25) is 0 Å². The fourth-order valence-electron chi connectivity index (χ4n) is 2.84. The first-order valence-corrected chi connectivity index (χ1v) is 7.19. The van der Waals surface area contributed by atoms with E-state index in [9.17, 15) is 0 Å². The number of nitrogens with two attached hydrogens (primary N) is 1. The average Bonchev–Trinajstić information content (AvgIpc) is 2.37. The van der Waals surface area contributed by atoms with Gasteiger partial charge in [-0.05, 0) is 33.3 Å². The molecule has 0 amide bonds. The van der Waals surface area contributed by atoms with Crippen LogP contribution in [0.5, 0.6) is 0 Å². The fraction of sp³-hybridized carbons (Fsp3) is 0.625. The molecule has 19 heavy (non-hydrogen) atoms. The smallest absolute Gasteiger partial charge is 0.0678 e. The second kappa shape index (κ2) is 6.04. The molecule has 1 aliphatic rings. The zero-order chi connectivity index (χ0) is 14.0. The van der Waals surface area contributed by atoms with Crippen molar-refractivity contribution in [2.45, 2.75) is 52.0 Å². The van der Waals surface area contributed by atoms with Crippen molar-refractivity contribution in [2.75, 3.05) is 13.1 Å². The third kappa shape index (κ3) is 3.56. The van der Waals surface area contributed by atoms with Crippen LogP contribution in [0.3, 0.4) is 0 Å². The van der Waals surface area contributed by atoms with Gasteiger partial charge in [0.2, 0.25) is 0 Å². The van der Waals surface area contributed by atoms with Crippen LogP contribution in [-0.4, -0.2) is 36.2 Å². The second-order valence-electron chi connectivity index (χ2n) is 5.89. The molecule has 0 saturated carbocycles. The Kier molecular flexibility index (Phi) is 4.61. The van der Waals surface area contributed by atoms with Gasteiger partial charge in [-0.25, -0.2) is 0 Å². The molecule has 0 radical (unpaired) electrons. The SMILES string of the molecule is Cc1ccc(C(N)C(C)N2CC(C)OC(C)C2)cc1. The van der Waals surface area contributed by atoms with Crippen molar-refractivity contribution in [2.24, 2.45) is 5.73 Å². The standard InChI is InChI=1S/C16H26N2O/c1-11-5-7-15(8-6-11)16(17)14(4)18-9-12(2)19-13(3)10-18/h5-8,12-14,16H,9-10,17H2,1-4H3. The normalized spacial score (nSPS) is 28.1. The maximum absolute atomic E-state index is 6.43. The van der Waals surface area contributed by atoms with Gasteiger partial charge < -0.3 is 10.5 Å². The Hall–Kier alpha value is -0.900. The Labute approximate surface area is 116 Å². The highest BCUT2D eigenvalue weighted by Crippen LogP contribution is 2.22. The van der Waals surface area contributed by atoms with Crippen LogP contribution >= 0.6 is 0 Å². The van der Waals surface area contributed by atoms with Crippen molar-refractivity contribution >= 4 is 0 Å². The minimum atomic E-state index is 0.0538. The van der Waals surface area contributed by atoms with Gasteiger partial charge in [0, 0.05) is 25.2 Å². The number of aryl methyl sites for hydroxylation is 1. The van der Waals surface area contributed by atoms with Crippen LogP contribution in [0.15, 0.2) is 24.3 Å². The highest BCUT2D eigenvalue weighted by Gasteiger charge is 2.29. The Morgan fingerprint density at radius 3 is 2.21 bits per heavy atom. The number of benzene rings is 1. The van der Waals surface area contributed by atoms with Gasteiger partial charge in [-0.1, -0.05) is 29.8 Å². The van der Waals surface area contributed by atoms with Crippen LogP contribution in [-0.2, 0) is 4.74 Å². The molecule has 0 aliphatic carbocycles. The number of ether oxygens (including phenoxy) is 1. The van der Waals surface area contributed by atoms with Crippen LogP contribution in [0.25, 0.3) is 0 Å². The summed E-state index contributed by atoms with van der Waals surface area (Å²) in [7, 11) is 0. The monoisotopic (exact) mass is 262 g/mol. The molecule has 1 heterocycles. The Morgan fingerprint density at radius 2 is 1.68 bits per heavy atom. The molecule has 0 bridgehead atoms. The molecular weight excluding hydrogens is 236 g/mol. The number of nitrogens with zero attached hydrogens (tertiary/aromatic N) is 1. The van der Waals surface area contributed by atoms with E-state index < -0.39 is 0 Å². The highest BCUT2D eigenvalue weighted by molar-refractivity contribution is 5.24. The summed E-state index contributed by atoms with van der Waals surface area (Å²) in [5, 5.41) is 0. The van der Waals surface area contributed by atoms with Crippen LogP contribution in [0.4, 0.5) is 0 Å². The van der Waals surface area contributed by atoms with E-state index in [0.29, 0.717) is 6.04 Å². The van der Waals surface area contributed by atoms with Crippen LogP contribution < -0.4 is 5.73 Å². The lowest BCUT2D eigenvalue weighted by atomic mass is 9.98. The summed E-state index contributed by atoms with van der Waals surface area (Å²) in [5.41, 5.74) is 8.92. The summed E-state index contributed by atoms with van der Waals surface area (Å²) in [6.07, 6.45) is 0.577. The summed E-state index contributed by atoms with van der Waals surface area (Å²) in [5.74, 6) is 0. The van der Waals surface area contributed by atoms with Crippen molar-refractivity contribution in [1.82, 2.24) is 4.90 Å². The predicted octanol–water partition coefficient (Wildman–Crippen LogP) is 2.49. The van der Waals surface area contributed by atoms with E-state index in [1.165, 1.54) is 11.1 Å². The molecule has 2 rings (SSSR count). The highest BCUT2D eigenvalue weighted by atomic mass is 16.5. The van der Waals surface area contributed by atoms with Gasteiger partial charge in [-0.15, -0.1) is 0 Å². The molecule has 1 fully saturated rings. The molecule has 1 saturated heterocycles. The zero-order valence-electron chi connectivity index (χ0n) is 12.5. The molecule has 3 nitrogen and oxygen atoms in total. The maximum Gasteiger partial charge on any atom is 0.0678 e. The maximum atomic E-state index is 6.43. The van der Waals surface area contributed by atoms with Gasteiger partial charge >= 0.3 is 0 Å². The lowest BCUT2D eigenvalue weighted by Crippen LogP contribution is -2.52. The second-order valence-corrected chi connectivity index (χ2v) is 5.89.